The molecule has 0 amide bonds. The second-order valence-corrected chi connectivity index (χ2v) is 4.21. The lowest BCUT2D eigenvalue weighted by Gasteiger charge is -1.99. The monoisotopic (exact) mass is 282 g/mol. The highest BCUT2D eigenvalue weighted by atomic mass is 16.2. The zero-order valence-corrected chi connectivity index (χ0v) is 12.4. The molecule has 0 bridgehead atoms. The summed E-state index contributed by atoms with van der Waals surface area (Å²) in [6.07, 6.45) is 0.355. The van der Waals surface area contributed by atoms with E-state index in [0.717, 1.165) is 21.1 Å². The first-order valence-electron chi connectivity index (χ1n) is 7.10. The molecule has 5 nitrogen and oxygen atoms in total. The van der Waals surface area contributed by atoms with Crippen LogP contribution in [0, 0.1) is 0 Å². The standard InChI is InChI=1S/C14H12N4O.C2H6/c1-2-13(19)18-16-14(15-17-18)12-8-7-10-5-3-4-6-11(10)9-12;1-2/h3-9H,2H2,1H3;1-2H3. The average Bonchev–Trinajstić information content (AvgIpc) is 3.05. The van der Waals surface area contributed by atoms with Gasteiger partial charge in [0.25, 0.3) is 5.91 Å². The van der Waals surface area contributed by atoms with Gasteiger partial charge in [-0.2, -0.15) is 0 Å². The lowest BCUT2D eigenvalue weighted by molar-refractivity contribution is 0.0872. The molecule has 0 radical (unpaired) electrons. The number of hydrogen-bond acceptors (Lipinski definition) is 4. The van der Waals surface area contributed by atoms with Gasteiger partial charge in [-0.15, -0.1) is 10.2 Å². The first-order valence-corrected chi connectivity index (χ1v) is 7.10. The molecule has 2 aromatic carbocycles. The molecule has 0 spiro atoms. The number of nitrogens with zero attached hydrogens (tertiary/aromatic N) is 4. The van der Waals surface area contributed by atoms with Crippen LogP contribution < -0.4 is 0 Å². The molecule has 0 atom stereocenters. The Morgan fingerprint density at radius 2 is 1.81 bits per heavy atom. The van der Waals surface area contributed by atoms with Crippen molar-refractivity contribution in [3.05, 3.63) is 42.5 Å². The van der Waals surface area contributed by atoms with Crippen molar-refractivity contribution in [2.24, 2.45) is 0 Å². The van der Waals surface area contributed by atoms with E-state index in [1.165, 1.54) is 0 Å². The SMILES string of the molecule is CC.CCC(=O)n1nnc(-c2ccc3ccccc3c2)n1. The van der Waals surface area contributed by atoms with E-state index in [-0.39, 0.29) is 5.91 Å². The van der Waals surface area contributed by atoms with Crippen LogP contribution in [0.25, 0.3) is 22.2 Å². The van der Waals surface area contributed by atoms with Gasteiger partial charge in [-0.25, -0.2) is 0 Å². The smallest absolute Gasteiger partial charge is 0.266 e. The average molecular weight is 282 g/mol. The molecular formula is C16H18N4O. The van der Waals surface area contributed by atoms with Crippen LogP contribution in [0.3, 0.4) is 0 Å². The van der Waals surface area contributed by atoms with Gasteiger partial charge in [-0.1, -0.05) is 62.0 Å². The number of benzene rings is 2. The molecule has 0 unspecified atom stereocenters. The van der Waals surface area contributed by atoms with Crippen LogP contribution in [0.4, 0.5) is 0 Å². The van der Waals surface area contributed by atoms with E-state index < -0.39 is 0 Å². The van der Waals surface area contributed by atoms with E-state index in [1.807, 2.05) is 56.3 Å². The Morgan fingerprint density at radius 1 is 1.10 bits per heavy atom. The topological polar surface area (TPSA) is 60.7 Å². The lowest BCUT2D eigenvalue weighted by Crippen LogP contribution is -2.12. The lowest BCUT2D eigenvalue weighted by atomic mass is 10.1. The second kappa shape index (κ2) is 6.74. The van der Waals surface area contributed by atoms with Crippen LogP contribution in [-0.4, -0.2) is 26.1 Å². The molecule has 1 heterocycles. The fourth-order valence-corrected chi connectivity index (χ4v) is 1.91. The maximum atomic E-state index is 11.5. The molecule has 0 aliphatic carbocycles. The molecule has 0 N–H and O–H groups in total. The van der Waals surface area contributed by atoms with Crippen molar-refractivity contribution in [2.45, 2.75) is 27.2 Å². The summed E-state index contributed by atoms with van der Waals surface area (Å²) < 4.78 is 0. The molecule has 21 heavy (non-hydrogen) atoms. The van der Waals surface area contributed by atoms with Crippen molar-refractivity contribution in [1.29, 1.82) is 0 Å². The number of carbonyl (C=O) groups is 1. The van der Waals surface area contributed by atoms with E-state index >= 15 is 0 Å². The molecular weight excluding hydrogens is 264 g/mol. The van der Waals surface area contributed by atoms with Gasteiger partial charge in [-0.3, -0.25) is 4.79 Å². The highest BCUT2D eigenvalue weighted by molar-refractivity contribution is 5.86. The summed E-state index contributed by atoms with van der Waals surface area (Å²) in [5, 5.41) is 14.1. The summed E-state index contributed by atoms with van der Waals surface area (Å²) in [5.41, 5.74) is 0.855. The number of rotatable bonds is 2. The van der Waals surface area contributed by atoms with Crippen LogP contribution in [-0.2, 0) is 0 Å². The molecule has 1 aromatic heterocycles. The molecule has 0 aliphatic heterocycles. The number of hydrogen-bond donors (Lipinski definition) is 0. The predicted octanol–water partition coefficient (Wildman–Crippen LogP) is 3.57. The summed E-state index contributed by atoms with van der Waals surface area (Å²) in [7, 11) is 0. The Balaban J connectivity index is 0.000000774. The molecule has 0 saturated carbocycles. The van der Waals surface area contributed by atoms with Gasteiger partial charge in [0.1, 0.15) is 0 Å². The van der Waals surface area contributed by atoms with Gasteiger partial charge in [0, 0.05) is 12.0 Å². The molecule has 5 heteroatoms. The Hall–Kier alpha value is -2.56. The number of tetrazole rings is 1. The van der Waals surface area contributed by atoms with E-state index in [0.29, 0.717) is 12.2 Å². The predicted molar refractivity (Wildman–Crippen MR) is 83.0 cm³/mol. The third kappa shape index (κ3) is 3.13. The van der Waals surface area contributed by atoms with Crippen LogP contribution >= 0.6 is 0 Å². The third-order valence-corrected chi connectivity index (χ3v) is 2.95. The normalized spacial score (nSPS) is 10.0. The van der Waals surface area contributed by atoms with Crippen LogP contribution in [0.15, 0.2) is 42.5 Å². The van der Waals surface area contributed by atoms with Gasteiger partial charge in [0.05, 0.1) is 0 Å². The Kier molecular flexibility index (Phi) is 4.77. The highest BCUT2D eigenvalue weighted by Gasteiger charge is 2.10. The maximum absolute atomic E-state index is 11.5. The number of carbonyl (C=O) groups excluding carboxylic acids is 1. The van der Waals surface area contributed by atoms with Crippen molar-refractivity contribution in [3.63, 3.8) is 0 Å². The molecule has 108 valence electrons. The molecule has 3 aromatic rings. The highest BCUT2D eigenvalue weighted by Crippen LogP contribution is 2.21. The van der Waals surface area contributed by atoms with Crippen molar-refractivity contribution < 1.29 is 4.79 Å². The summed E-state index contributed by atoms with van der Waals surface area (Å²) in [4.78, 5) is 12.5. The molecule has 0 fully saturated rings. The molecule has 0 aliphatic rings. The minimum absolute atomic E-state index is 0.167. The zero-order chi connectivity index (χ0) is 15.2. The van der Waals surface area contributed by atoms with E-state index in [2.05, 4.69) is 15.4 Å². The fourth-order valence-electron chi connectivity index (χ4n) is 1.91. The Labute approximate surface area is 123 Å². The van der Waals surface area contributed by atoms with Crippen molar-refractivity contribution in [2.75, 3.05) is 0 Å². The minimum Gasteiger partial charge on any atom is -0.271 e. The maximum Gasteiger partial charge on any atom is 0.266 e. The van der Waals surface area contributed by atoms with Gasteiger partial charge in [-0.05, 0) is 22.1 Å². The van der Waals surface area contributed by atoms with Gasteiger partial charge < -0.3 is 0 Å². The van der Waals surface area contributed by atoms with Gasteiger partial charge in [0.15, 0.2) is 0 Å². The minimum atomic E-state index is -0.167. The summed E-state index contributed by atoms with van der Waals surface area (Å²) in [5.74, 6) is 0.298. The van der Waals surface area contributed by atoms with Crippen molar-refractivity contribution in [1.82, 2.24) is 20.2 Å². The Bertz CT molecular complexity index is 749. The van der Waals surface area contributed by atoms with Gasteiger partial charge >= 0.3 is 0 Å². The van der Waals surface area contributed by atoms with Crippen LogP contribution in [0.5, 0.6) is 0 Å². The number of fused-ring (bicyclic) bond motifs is 1. The quantitative estimate of drug-likeness (QED) is 0.721. The first-order chi connectivity index (χ1) is 10.3. The van der Waals surface area contributed by atoms with E-state index in [1.54, 1.807) is 6.92 Å². The largest absolute Gasteiger partial charge is 0.271 e. The number of aromatic nitrogens is 4. The van der Waals surface area contributed by atoms with E-state index in [9.17, 15) is 4.79 Å². The first kappa shape index (κ1) is 14.8. The van der Waals surface area contributed by atoms with E-state index in [4.69, 9.17) is 0 Å². The van der Waals surface area contributed by atoms with Crippen LogP contribution in [0.1, 0.15) is 32.0 Å². The van der Waals surface area contributed by atoms with Crippen molar-refractivity contribution >= 4 is 16.7 Å². The third-order valence-electron chi connectivity index (χ3n) is 2.95. The fraction of sp³-hybridized carbons (Fsp3) is 0.250. The Morgan fingerprint density at radius 3 is 2.52 bits per heavy atom. The molecule has 0 saturated heterocycles. The summed E-state index contributed by atoms with van der Waals surface area (Å²) >= 11 is 0. The second-order valence-electron chi connectivity index (χ2n) is 4.21. The summed E-state index contributed by atoms with van der Waals surface area (Å²) in [6, 6.07) is 14.0. The molecule has 3 rings (SSSR count). The van der Waals surface area contributed by atoms with Gasteiger partial charge in [0.2, 0.25) is 5.82 Å². The zero-order valence-electron chi connectivity index (χ0n) is 12.4. The van der Waals surface area contributed by atoms with Crippen LogP contribution in [0.2, 0.25) is 0 Å². The van der Waals surface area contributed by atoms with Crippen molar-refractivity contribution in [3.8, 4) is 11.4 Å². The summed E-state index contributed by atoms with van der Waals surface area (Å²) in [6.45, 7) is 5.77.